The van der Waals surface area contributed by atoms with Crippen LogP contribution in [0.4, 0.5) is 103 Å². The summed E-state index contributed by atoms with van der Waals surface area (Å²) in [6, 6.07) is 93.3. The molecule has 5 nitrogen and oxygen atoms in total. The Hall–Kier alpha value is -10.2. The first-order valence-corrected chi connectivity index (χ1v) is 29.1. The minimum absolute atomic E-state index is 0.00301. The van der Waals surface area contributed by atoms with Gasteiger partial charge in [-0.3, -0.25) is 0 Å². The van der Waals surface area contributed by atoms with Crippen molar-refractivity contribution >= 4 is 143 Å². The largest absolute Gasteiger partial charge is 0.419 e. The van der Waals surface area contributed by atoms with Gasteiger partial charge in [0.05, 0.1) is 22.6 Å². The number of alkyl halides is 3. The smallest absolute Gasteiger partial charge is 0.311 e. The fourth-order valence-electron chi connectivity index (χ4n) is 13.5. The maximum atomic E-state index is 17.8. The third kappa shape index (κ3) is 8.10. The second-order valence-electron chi connectivity index (χ2n) is 21.6. The second-order valence-corrected chi connectivity index (χ2v) is 22.7. The molecule has 4 aliphatic heterocycles. The maximum Gasteiger partial charge on any atom is 0.419 e. The number of anilines is 15. The number of rotatable bonds is 9. The number of benzene rings is 12. The minimum atomic E-state index is -4.98. The number of para-hydroxylation sites is 9. The number of nitrogens with zero attached hydrogens (tertiary/aromatic N) is 5. The molecule has 4 aliphatic rings. The summed E-state index contributed by atoms with van der Waals surface area (Å²) >= 11 is 1.15. The monoisotopic (exact) mass is 1120 g/mol. The summed E-state index contributed by atoms with van der Waals surface area (Å²) < 4.78 is 71.1. The van der Waals surface area contributed by atoms with E-state index in [9.17, 15) is 0 Å². The Morgan fingerprint density at radius 3 is 1.16 bits per heavy atom. The van der Waals surface area contributed by atoms with Gasteiger partial charge in [-0.05, 0) is 149 Å². The summed E-state index contributed by atoms with van der Waals surface area (Å²) in [6.45, 7) is -1.41. The zero-order valence-corrected chi connectivity index (χ0v) is 46.3. The molecule has 0 radical (unpaired) electrons. The van der Waals surface area contributed by atoms with Crippen LogP contribution in [0.2, 0.25) is 0 Å². The van der Waals surface area contributed by atoms with Gasteiger partial charge in [-0.2, -0.15) is 13.2 Å². The molecular weight excluding hydrogens is 1080 g/mol. The zero-order chi connectivity index (χ0) is 56.9. The van der Waals surface area contributed by atoms with E-state index in [4.69, 9.17) is 0 Å². The fraction of sp³-hybridized carbons (Fsp3) is 0.0137. The second kappa shape index (κ2) is 20.0. The van der Waals surface area contributed by atoms with E-state index in [0.29, 0.717) is 27.2 Å². The topological polar surface area (TPSA) is 16.2 Å². The number of halogens is 4. The van der Waals surface area contributed by atoms with Crippen molar-refractivity contribution in [3.8, 4) is 0 Å². The average molecular weight is 1120 g/mol. The van der Waals surface area contributed by atoms with E-state index in [1.807, 2.05) is 164 Å². The molecule has 12 aromatic carbocycles. The van der Waals surface area contributed by atoms with Crippen LogP contribution in [-0.2, 0) is 6.18 Å². The van der Waals surface area contributed by atoms with Gasteiger partial charge < -0.3 is 24.5 Å². The number of hydrogen-bond acceptors (Lipinski definition) is 6. The SMILES string of the molecule is Fc1ccccc1N1c2cc(N(c3ccccc3)c3ccccc3)cc3c2B(c2ccccc2N3c2ccccc2)c2cc3c(c(C(F)(F)F)c21)Sc1cc(N(c2ccccc2)c2ccccc2)cc2c1B3c1ccccc1N2c1ccccc1. The summed E-state index contributed by atoms with van der Waals surface area (Å²) in [7, 11) is 0. The fourth-order valence-corrected chi connectivity index (χ4v) is 14.9. The Morgan fingerprint density at radius 2 is 0.706 bits per heavy atom. The highest BCUT2D eigenvalue weighted by atomic mass is 32.2. The van der Waals surface area contributed by atoms with Crippen molar-refractivity contribution in [3.63, 3.8) is 0 Å². The van der Waals surface area contributed by atoms with Gasteiger partial charge in [0.1, 0.15) is 5.82 Å². The van der Waals surface area contributed by atoms with Crippen LogP contribution in [-0.4, -0.2) is 13.4 Å². The molecule has 12 heteroatoms. The van der Waals surface area contributed by atoms with Crippen LogP contribution in [0, 0.1) is 5.82 Å². The normalized spacial score (nSPS) is 13.2. The molecule has 0 amide bonds. The minimum Gasteiger partial charge on any atom is -0.311 e. The van der Waals surface area contributed by atoms with Crippen LogP contribution < -0.4 is 57.3 Å². The summed E-state index contributed by atoms with van der Waals surface area (Å²) in [5.41, 5.74) is 13.8. The van der Waals surface area contributed by atoms with Gasteiger partial charge in [-0.1, -0.05) is 181 Å². The molecule has 0 spiro atoms. The average Bonchev–Trinajstić information content (AvgIpc) is 0.807. The summed E-state index contributed by atoms with van der Waals surface area (Å²) in [5, 5.41) is 0. The molecule has 0 N–H and O–H groups in total. The lowest BCUT2D eigenvalue weighted by atomic mass is 9.30. The molecule has 12 aromatic rings. The highest BCUT2D eigenvalue weighted by molar-refractivity contribution is 8.00. The van der Waals surface area contributed by atoms with E-state index in [0.717, 1.165) is 96.2 Å². The standard InChI is InChI=1S/C73H47B2F4N5S/c76-60-39-21-24-42-63(60)84-65-44-54(80(48-25-7-1-8-26-48)49-27-9-2-10-28-49)43-64-69(65)74(56-37-19-22-40-61(56)82(64)52-33-15-5-16-34-52)58-47-59-72(68(71(58)84)73(77,78)79)85-67-46-55(81(50-29-11-3-12-30-50)51-31-13-4-14-32-51)45-66-70(67)75(59)57-38-20-23-41-62(57)83(66)53-35-17-6-18-36-53/h1-47H. The Kier molecular flexibility index (Phi) is 11.9. The lowest BCUT2D eigenvalue weighted by Gasteiger charge is -2.47. The first kappa shape index (κ1) is 50.6. The van der Waals surface area contributed by atoms with Gasteiger partial charge in [0.25, 0.3) is 6.71 Å². The van der Waals surface area contributed by atoms with Crippen molar-refractivity contribution in [1.29, 1.82) is 0 Å². The summed E-state index contributed by atoms with van der Waals surface area (Å²) in [5.74, 6) is -0.660. The van der Waals surface area contributed by atoms with Gasteiger partial charge in [0, 0.05) is 78.0 Å². The molecule has 0 saturated carbocycles. The van der Waals surface area contributed by atoms with Gasteiger partial charge in [-0.25, -0.2) is 4.39 Å². The highest BCUT2D eigenvalue weighted by Gasteiger charge is 2.53. The molecule has 404 valence electrons. The molecule has 0 bridgehead atoms. The van der Waals surface area contributed by atoms with Crippen LogP contribution >= 0.6 is 11.8 Å². The van der Waals surface area contributed by atoms with Crippen LogP contribution in [0.15, 0.2) is 295 Å². The predicted molar refractivity (Wildman–Crippen MR) is 345 cm³/mol. The van der Waals surface area contributed by atoms with E-state index < -0.39 is 31.0 Å². The van der Waals surface area contributed by atoms with E-state index in [2.05, 4.69) is 117 Å². The molecule has 0 fully saturated rings. The molecule has 16 rings (SSSR count). The summed E-state index contributed by atoms with van der Waals surface area (Å²) in [6.07, 6.45) is -4.98. The van der Waals surface area contributed by atoms with Crippen LogP contribution in [0.5, 0.6) is 0 Å². The van der Waals surface area contributed by atoms with Gasteiger partial charge in [0.15, 0.2) is 0 Å². The quantitative estimate of drug-likeness (QED) is 0.105. The van der Waals surface area contributed by atoms with E-state index in [1.165, 1.54) is 6.07 Å². The van der Waals surface area contributed by atoms with Crippen LogP contribution in [0.25, 0.3) is 0 Å². The lowest BCUT2D eigenvalue weighted by molar-refractivity contribution is -0.139. The van der Waals surface area contributed by atoms with Crippen molar-refractivity contribution in [2.45, 2.75) is 16.0 Å². The van der Waals surface area contributed by atoms with Crippen molar-refractivity contribution in [3.05, 3.63) is 296 Å². The van der Waals surface area contributed by atoms with E-state index in [-0.39, 0.29) is 16.3 Å². The summed E-state index contributed by atoms with van der Waals surface area (Å²) in [4.78, 5) is 11.1. The zero-order valence-electron chi connectivity index (χ0n) is 45.4. The van der Waals surface area contributed by atoms with Gasteiger partial charge in [0.2, 0.25) is 6.71 Å². The van der Waals surface area contributed by atoms with Crippen molar-refractivity contribution in [2.75, 3.05) is 24.5 Å². The Balaban J connectivity index is 1.03. The molecule has 0 atom stereocenters. The number of fused-ring (bicyclic) bond motifs is 8. The number of hydrogen-bond donors (Lipinski definition) is 0. The molecule has 0 saturated heterocycles. The van der Waals surface area contributed by atoms with Crippen LogP contribution in [0.3, 0.4) is 0 Å². The molecule has 4 heterocycles. The predicted octanol–water partition coefficient (Wildman–Crippen LogP) is 16.6. The van der Waals surface area contributed by atoms with Gasteiger partial charge >= 0.3 is 6.18 Å². The molecule has 0 aromatic heterocycles. The lowest BCUT2D eigenvalue weighted by Crippen LogP contribution is -2.65. The van der Waals surface area contributed by atoms with Crippen molar-refractivity contribution in [1.82, 2.24) is 0 Å². The molecule has 0 unspecified atom stereocenters. The molecular formula is C73H47B2F4N5S. The first-order valence-electron chi connectivity index (χ1n) is 28.3. The van der Waals surface area contributed by atoms with Crippen LogP contribution in [0.1, 0.15) is 5.56 Å². The maximum absolute atomic E-state index is 17.8. The Labute approximate surface area is 495 Å². The third-order valence-corrected chi connectivity index (χ3v) is 18.1. The van der Waals surface area contributed by atoms with E-state index >= 15 is 17.6 Å². The Bertz CT molecular complexity index is 4480. The van der Waals surface area contributed by atoms with Crippen molar-refractivity contribution < 1.29 is 17.6 Å². The van der Waals surface area contributed by atoms with Crippen molar-refractivity contribution in [2.24, 2.45) is 0 Å². The van der Waals surface area contributed by atoms with E-state index in [1.54, 1.807) is 23.1 Å². The molecule has 85 heavy (non-hydrogen) atoms. The first-order chi connectivity index (χ1) is 41.8. The highest BCUT2D eigenvalue weighted by Crippen LogP contribution is 2.55. The third-order valence-electron chi connectivity index (χ3n) is 16.9. The molecule has 0 aliphatic carbocycles. The Morgan fingerprint density at radius 1 is 0.329 bits per heavy atom. The van der Waals surface area contributed by atoms with Gasteiger partial charge in [-0.15, -0.1) is 0 Å².